The first-order valence-corrected chi connectivity index (χ1v) is 8.28. The smallest absolute Gasteiger partial charge is 0.220 e. The summed E-state index contributed by atoms with van der Waals surface area (Å²) in [6.45, 7) is 9.43. The van der Waals surface area contributed by atoms with Crippen LogP contribution in [0.4, 0.5) is 0 Å². The Morgan fingerprint density at radius 1 is 1.23 bits per heavy atom. The Morgan fingerprint density at radius 2 is 1.91 bits per heavy atom. The Hall–Kier alpha value is -1.39. The summed E-state index contributed by atoms with van der Waals surface area (Å²) in [6, 6.07) is 8.38. The Kier molecular flexibility index (Phi) is 6.87. The molecule has 1 N–H and O–H groups in total. The molecular weight excluding hydrogens is 276 g/mol. The molecule has 4 heteroatoms. The van der Waals surface area contributed by atoms with Crippen molar-refractivity contribution in [1.82, 2.24) is 10.2 Å². The summed E-state index contributed by atoms with van der Waals surface area (Å²) in [5.41, 5.74) is 2.51. The van der Waals surface area contributed by atoms with E-state index < -0.39 is 0 Å². The van der Waals surface area contributed by atoms with Crippen LogP contribution in [0.2, 0.25) is 0 Å². The van der Waals surface area contributed by atoms with E-state index in [1.165, 1.54) is 11.1 Å². The zero-order valence-corrected chi connectivity index (χ0v) is 13.8. The summed E-state index contributed by atoms with van der Waals surface area (Å²) < 4.78 is 5.39. The molecule has 1 aliphatic heterocycles. The SMILES string of the molecule is CC(C)CCC(=O)NCc1ccccc1CN1CCOCC1. The lowest BCUT2D eigenvalue weighted by molar-refractivity contribution is -0.121. The molecule has 2 rings (SSSR count). The molecule has 1 aromatic rings. The summed E-state index contributed by atoms with van der Waals surface area (Å²) in [4.78, 5) is 14.3. The van der Waals surface area contributed by atoms with E-state index in [2.05, 4.69) is 42.3 Å². The number of nitrogens with one attached hydrogen (secondary N) is 1. The first kappa shape index (κ1) is 17.0. The number of hydrogen-bond acceptors (Lipinski definition) is 3. The largest absolute Gasteiger partial charge is 0.379 e. The number of rotatable bonds is 7. The Balaban J connectivity index is 1.86. The second-order valence-corrected chi connectivity index (χ2v) is 6.37. The van der Waals surface area contributed by atoms with E-state index in [9.17, 15) is 4.79 Å². The van der Waals surface area contributed by atoms with Gasteiger partial charge in [0.25, 0.3) is 0 Å². The van der Waals surface area contributed by atoms with Gasteiger partial charge >= 0.3 is 0 Å². The minimum absolute atomic E-state index is 0.148. The molecule has 0 radical (unpaired) electrons. The average molecular weight is 304 g/mol. The number of carbonyl (C=O) groups is 1. The standard InChI is InChI=1S/C18H28N2O2/c1-15(2)7-8-18(21)19-13-16-5-3-4-6-17(16)14-20-9-11-22-12-10-20/h3-6,15H,7-14H2,1-2H3,(H,19,21). The Labute approximate surface area is 133 Å². The van der Waals surface area contributed by atoms with Crippen LogP contribution in [0.5, 0.6) is 0 Å². The number of benzene rings is 1. The zero-order valence-electron chi connectivity index (χ0n) is 13.8. The van der Waals surface area contributed by atoms with Crippen LogP contribution < -0.4 is 5.32 Å². The van der Waals surface area contributed by atoms with Crippen molar-refractivity contribution in [3.05, 3.63) is 35.4 Å². The quantitative estimate of drug-likeness (QED) is 0.842. The van der Waals surface area contributed by atoms with Gasteiger partial charge in [-0.25, -0.2) is 0 Å². The molecule has 1 aromatic carbocycles. The molecule has 22 heavy (non-hydrogen) atoms. The summed E-state index contributed by atoms with van der Waals surface area (Å²) in [6.07, 6.45) is 1.56. The lowest BCUT2D eigenvalue weighted by atomic mass is 10.1. The van der Waals surface area contributed by atoms with Gasteiger partial charge in [-0.3, -0.25) is 9.69 Å². The zero-order chi connectivity index (χ0) is 15.8. The van der Waals surface area contributed by atoms with Gasteiger partial charge < -0.3 is 10.1 Å². The van der Waals surface area contributed by atoms with Crippen LogP contribution >= 0.6 is 0 Å². The highest BCUT2D eigenvalue weighted by Crippen LogP contribution is 2.13. The fourth-order valence-corrected chi connectivity index (χ4v) is 2.59. The number of hydrogen-bond donors (Lipinski definition) is 1. The molecular formula is C18H28N2O2. The van der Waals surface area contributed by atoms with E-state index in [0.29, 0.717) is 18.9 Å². The molecule has 1 amide bonds. The third-order valence-corrected chi connectivity index (χ3v) is 4.04. The van der Waals surface area contributed by atoms with Crippen LogP contribution in [0.15, 0.2) is 24.3 Å². The average Bonchev–Trinajstić information content (AvgIpc) is 2.53. The van der Waals surface area contributed by atoms with Crippen molar-refractivity contribution < 1.29 is 9.53 Å². The number of ether oxygens (including phenoxy) is 1. The molecule has 1 fully saturated rings. The van der Waals surface area contributed by atoms with Crippen molar-refractivity contribution in [3.8, 4) is 0 Å². The predicted octanol–water partition coefficient (Wildman–Crippen LogP) is 2.57. The van der Waals surface area contributed by atoms with Gasteiger partial charge in [-0.05, 0) is 23.5 Å². The summed E-state index contributed by atoms with van der Waals surface area (Å²) >= 11 is 0. The van der Waals surface area contributed by atoms with Crippen molar-refractivity contribution in [2.45, 2.75) is 39.8 Å². The Bertz CT molecular complexity index is 468. The third-order valence-electron chi connectivity index (χ3n) is 4.04. The number of carbonyl (C=O) groups excluding carboxylic acids is 1. The minimum Gasteiger partial charge on any atom is -0.379 e. The molecule has 0 atom stereocenters. The Morgan fingerprint density at radius 3 is 2.59 bits per heavy atom. The summed E-state index contributed by atoms with van der Waals surface area (Å²) in [5, 5.41) is 3.05. The summed E-state index contributed by atoms with van der Waals surface area (Å²) in [5.74, 6) is 0.717. The van der Waals surface area contributed by atoms with Gasteiger partial charge in [-0.15, -0.1) is 0 Å². The lowest BCUT2D eigenvalue weighted by Gasteiger charge is -2.27. The molecule has 0 saturated carbocycles. The topological polar surface area (TPSA) is 41.6 Å². The van der Waals surface area contributed by atoms with E-state index in [-0.39, 0.29) is 5.91 Å². The van der Waals surface area contributed by atoms with Crippen molar-refractivity contribution in [3.63, 3.8) is 0 Å². The molecule has 1 saturated heterocycles. The highest BCUT2D eigenvalue weighted by Gasteiger charge is 2.13. The highest BCUT2D eigenvalue weighted by molar-refractivity contribution is 5.75. The van der Waals surface area contributed by atoms with Crippen LogP contribution in [0.1, 0.15) is 37.8 Å². The monoisotopic (exact) mass is 304 g/mol. The number of morpholine rings is 1. The molecule has 0 bridgehead atoms. The van der Waals surface area contributed by atoms with Gasteiger partial charge in [-0.1, -0.05) is 38.1 Å². The van der Waals surface area contributed by atoms with Crippen molar-refractivity contribution in [2.24, 2.45) is 5.92 Å². The van der Waals surface area contributed by atoms with Crippen LogP contribution in [0.3, 0.4) is 0 Å². The molecule has 0 aliphatic carbocycles. The van der Waals surface area contributed by atoms with Crippen molar-refractivity contribution in [2.75, 3.05) is 26.3 Å². The van der Waals surface area contributed by atoms with E-state index in [1.807, 2.05) is 6.07 Å². The maximum absolute atomic E-state index is 11.9. The molecule has 122 valence electrons. The van der Waals surface area contributed by atoms with Gasteiger partial charge in [0.1, 0.15) is 0 Å². The maximum Gasteiger partial charge on any atom is 0.220 e. The molecule has 0 spiro atoms. The summed E-state index contributed by atoms with van der Waals surface area (Å²) in [7, 11) is 0. The molecule has 1 heterocycles. The van der Waals surface area contributed by atoms with Gasteiger partial charge in [0.2, 0.25) is 5.91 Å². The van der Waals surface area contributed by atoms with E-state index in [4.69, 9.17) is 4.74 Å². The number of nitrogens with zero attached hydrogens (tertiary/aromatic N) is 1. The van der Waals surface area contributed by atoms with Crippen LogP contribution in [-0.2, 0) is 22.6 Å². The lowest BCUT2D eigenvalue weighted by Crippen LogP contribution is -2.36. The van der Waals surface area contributed by atoms with E-state index in [1.54, 1.807) is 0 Å². The van der Waals surface area contributed by atoms with Crippen molar-refractivity contribution >= 4 is 5.91 Å². The maximum atomic E-state index is 11.9. The minimum atomic E-state index is 0.148. The molecule has 1 aliphatic rings. The fourth-order valence-electron chi connectivity index (χ4n) is 2.59. The first-order valence-electron chi connectivity index (χ1n) is 8.28. The van der Waals surface area contributed by atoms with Gasteiger partial charge in [0, 0.05) is 32.6 Å². The molecule has 4 nitrogen and oxygen atoms in total. The number of amides is 1. The van der Waals surface area contributed by atoms with Crippen LogP contribution in [-0.4, -0.2) is 37.1 Å². The fraction of sp³-hybridized carbons (Fsp3) is 0.611. The highest BCUT2D eigenvalue weighted by atomic mass is 16.5. The van der Waals surface area contributed by atoms with Crippen LogP contribution in [0, 0.1) is 5.92 Å². The van der Waals surface area contributed by atoms with E-state index >= 15 is 0 Å². The van der Waals surface area contributed by atoms with Gasteiger partial charge in [0.05, 0.1) is 13.2 Å². The predicted molar refractivity (Wildman–Crippen MR) is 88.5 cm³/mol. The second-order valence-electron chi connectivity index (χ2n) is 6.37. The molecule has 0 unspecified atom stereocenters. The normalized spacial score (nSPS) is 16.0. The first-order chi connectivity index (χ1) is 10.6. The van der Waals surface area contributed by atoms with Gasteiger partial charge in [0.15, 0.2) is 0 Å². The van der Waals surface area contributed by atoms with Gasteiger partial charge in [-0.2, -0.15) is 0 Å². The second kappa shape index (κ2) is 8.91. The van der Waals surface area contributed by atoms with Crippen molar-refractivity contribution in [1.29, 1.82) is 0 Å². The molecule has 0 aromatic heterocycles. The van der Waals surface area contributed by atoms with E-state index in [0.717, 1.165) is 39.3 Å². The van der Waals surface area contributed by atoms with Crippen LogP contribution in [0.25, 0.3) is 0 Å². The third kappa shape index (κ3) is 5.78.